The summed E-state index contributed by atoms with van der Waals surface area (Å²) >= 11 is 3.56. The Morgan fingerprint density at radius 3 is 2.90 bits per heavy atom. The second-order valence-corrected chi connectivity index (χ2v) is 5.32. The van der Waals surface area contributed by atoms with Crippen molar-refractivity contribution >= 4 is 15.9 Å². The van der Waals surface area contributed by atoms with Crippen LogP contribution in [0.15, 0.2) is 35.1 Å². The molecule has 0 unspecified atom stereocenters. The van der Waals surface area contributed by atoms with Gasteiger partial charge in [0.1, 0.15) is 18.2 Å². The zero-order valence-electron chi connectivity index (χ0n) is 11.9. The minimum absolute atomic E-state index is 0.478. The van der Waals surface area contributed by atoms with Crippen LogP contribution in [0.1, 0.15) is 25.2 Å². The molecular formula is C15H20BrN3O. The van der Waals surface area contributed by atoms with Crippen LogP contribution in [0.5, 0.6) is 5.75 Å². The maximum Gasteiger partial charge on any atom is 0.146 e. The Kier molecular flexibility index (Phi) is 5.61. The highest BCUT2D eigenvalue weighted by Gasteiger charge is 2.06. The van der Waals surface area contributed by atoms with Gasteiger partial charge in [-0.05, 0) is 47.1 Å². The van der Waals surface area contributed by atoms with Crippen molar-refractivity contribution in [1.29, 1.82) is 0 Å². The smallest absolute Gasteiger partial charge is 0.146 e. The van der Waals surface area contributed by atoms with Crippen molar-refractivity contribution in [1.82, 2.24) is 14.9 Å². The normalized spacial score (nSPS) is 10.8. The lowest BCUT2D eigenvalue weighted by Gasteiger charge is -2.10. The van der Waals surface area contributed by atoms with Gasteiger partial charge in [0, 0.05) is 25.5 Å². The van der Waals surface area contributed by atoms with Gasteiger partial charge < -0.3 is 14.6 Å². The number of nitrogens with one attached hydrogen (secondary N) is 1. The van der Waals surface area contributed by atoms with E-state index in [0.717, 1.165) is 35.7 Å². The van der Waals surface area contributed by atoms with E-state index in [4.69, 9.17) is 4.74 Å². The number of aryl methyl sites for hydroxylation is 1. The Labute approximate surface area is 128 Å². The van der Waals surface area contributed by atoms with Crippen LogP contribution in [0.3, 0.4) is 0 Å². The quantitative estimate of drug-likeness (QED) is 0.841. The van der Waals surface area contributed by atoms with Crippen molar-refractivity contribution in [2.75, 3.05) is 6.54 Å². The van der Waals surface area contributed by atoms with Crippen molar-refractivity contribution in [2.45, 2.75) is 33.5 Å². The topological polar surface area (TPSA) is 39.1 Å². The summed E-state index contributed by atoms with van der Waals surface area (Å²) < 4.78 is 8.88. The molecule has 0 saturated carbocycles. The Hall–Kier alpha value is -1.33. The SMILES string of the molecule is CCNCc1ccc(OCc2nccn2CC)c(Br)c1. The predicted octanol–water partition coefficient (Wildman–Crippen LogP) is 3.35. The molecule has 0 saturated heterocycles. The Morgan fingerprint density at radius 2 is 2.20 bits per heavy atom. The molecule has 108 valence electrons. The van der Waals surface area contributed by atoms with Gasteiger partial charge in [0.05, 0.1) is 4.47 Å². The van der Waals surface area contributed by atoms with Crippen molar-refractivity contribution in [3.63, 3.8) is 0 Å². The third kappa shape index (κ3) is 3.84. The number of aromatic nitrogens is 2. The summed E-state index contributed by atoms with van der Waals surface area (Å²) in [5.74, 6) is 1.78. The van der Waals surface area contributed by atoms with Crippen LogP contribution in [0.4, 0.5) is 0 Å². The molecule has 1 aromatic carbocycles. The van der Waals surface area contributed by atoms with Gasteiger partial charge in [-0.15, -0.1) is 0 Å². The molecule has 1 N–H and O–H groups in total. The fourth-order valence-electron chi connectivity index (χ4n) is 1.95. The lowest BCUT2D eigenvalue weighted by Crippen LogP contribution is -2.11. The molecule has 0 aliphatic heterocycles. The Bertz CT molecular complexity index is 554. The van der Waals surface area contributed by atoms with E-state index in [1.54, 1.807) is 6.20 Å². The van der Waals surface area contributed by atoms with Gasteiger partial charge in [-0.25, -0.2) is 4.98 Å². The van der Waals surface area contributed by atoms with E-state index < -0.39 is 0 Å². The van der Waals surface area contributed by atoms with Gasteiger partial charge in [-0.1, -0.05) is 13.0 Å². The molecule has 0 amide bonds. The van der Waals surface area contributed by atoms with Crippen LogP contribution in [-0.2, 0) is 19.7 Å². The van der Waals surface area contributed by atoms with Crippen molar-refractivity contribution in [3.8, 4) is 5.75 Å². The first-order valence-corrected chi connectivity index (χ1v) is 7.65. The van der Waals surface area contributed by atoms with Gasteiger partial charge in [-0.2, -0.15) is 0 Å². The summed E-state index contributed by atoms with van der Waals surface area (Å²) in [4.78, 5) is 4.30. The summed E-state index contributed by atoms with van der Waals surface area (Å²) in [6, 6.07) is 6.16. The minimum Gasteiger partial charge on any atom is -0.485 e. The fourth-order valence-corrected chi connectivity index (χ4v) is 2.49. The average Bonchev–Trinajstić information content (AvgIpc) is 2.91. The maximum atomic E-state index is 5.83. The summed E-state index contributed by atoms with van der Waals surface area (Å²) in [6.07, 6.45) is 3.77. The number of nitrogens with zero attached hydrogens (tertiary/aromatic N) is 2. The molecule has 20 heavy (non-hydrogen) atoms. The lowest BCUT2D eigenvalue weighted by molar-refractivity contribution is 0.288. The monoisotopic (exact) mass is 337 g/mol. The Balaban J connectivity index is 1.99. The van der Waals surface area contributed by atoms with Crippen LogP contribution in [0, 0.1) is 0 Å². The molecule has 0 atom stereocenters. The van der Waals surface area contributed by atoms with Crippen LogP contribution < -0.4 is 10.1 Å². The standard InChI is InChI=1S/C15H20BrN3O/c1-3-17-10-12-5-6-14(13(16)9-12)20-11-15-18-7-8-19(15)4-2/h5-9,17H,3-4,10-11H2,1-2H3. The zero-order chi connectivity index (χ0) is 14.4. The van der Waals surface area contributed by atoms with Gasteiger partial charge in [0.25, 0.3) is 0 Å². The van der Waals surface area contributed by atoms with Crippen LogP contribution in [0.25, 0.3) is 0 Å². The molecular weight excluding hydrogens is 318 g/mol. The number of hydrogen-bond acceptors (Lipinski definition) is 3. The fraction of sp³-hybridized carbons (Fsp3) is 0.400. The van der Waals surface area contributed by atoms with E-state index in [9.17, 15) is 0 Å². The molecule has 5 heteroatoms. The first kappa shape index (κ1) is 15.1. The van der Waals surface area contributed by atoms with Crippen LogP contribution in [0.2, 0.25) is 0 Å². The van der Waals surface area contributed by atoms with Gasteiger partial charge in [0.2, 0.25) is 0 Å². The summed E-state index contributed by atoms with van der Waals surface area (Å²) in [5, 5.41) is 3.31. The molecule has 0 bridgehead atoms. The highest BCUT2D eigenvalue weighted by molar-refractivity contribution is 9.10. The van der Waals surface area contributed by atoms with Crippen molar-refractivity contribution in [2.24, 2.45) is 0 Å². The van der Waals surface area contributed by atoms with Gasteiger partial charge in [0.15, 0.2) is 0 Å². The van der Waals surface area contributed by atoms with Gasteiger partial charge in [-0.3, -0.25) is 0 Å². The van der Waals surface area contributed by atoms with Crippen molar-refractivity contribution < 1.29 is 4.74 Å². The zero-order valence-corrected chi connectivity index (χ0v) is 13.5. The van der Waals surface area contributed by atoms with E-state index in [2.05, 4.69) is 56.8 Å². The van der Waals surface area contributed by atoms with Crippen LogP contribution in [-0.4, -0.2) is 16.1 Å². The largest absolute Gasteiger partial charge is 0.485 e. The molecule has 2 aromatic rings. The Morgan fingerprint density at radius 1 is 1.35 bits per heavy atom. The lowest BCUT2D eigenvalue weighted by atomic mass is 10.2. The molecule has 1 aromatic heterocycles. The molecule has 2 rings (SSSR count). The van der Waals surface area contributed by atoms with E-state index in [0.29, 0.717) is 6.61 Å². The number of ether oxygens (including phenoxy) is 1. The summed E-state index contributed by atoms with van der Waals surface area (Å²) in [5.41, 5.74) is 1.24. The molecule has 0 aliphatic carbocycles. The molecule has 1 heterocycles. The summed E-state index contributed by atoms with van der Waals surface area (Å²) in [6.45, 7) is 7.41. The molecule has 0 aliphatic rings. The van der Waals surface area contributed by atoms with E-state index in [1.807, 2.05) is 12.3 Å². The van der Waals surface area contributed by atoms with E-state index >= 15 is 0 Å². The van der Waals surface area contributed by atoms with E-state index in [-0.39, 0.29) is 0 Å². The van der Waals surface area contributed by atoms with E-state index in [1.165, 1.54) is 5.56 Å². The predicted molar refractivity (Wildman–Crippen MR) is 83.8 cm³/mol. The second kappa shape index (κ2) is 7.45. The minimum atomic E-state index is 0.478. The third-order valence-electron chi connectivity index (χ3n) is 3.07. The number of halogens is 1. The second-order valence-electron chi connectivity index (χ2n) is 4.46. The van der Waals surface area contributed by atoms with Crippen molar-refractivity contribution in [3.05, 3.63) is 46.5 Å². The highest BCUT2D eigenvalue weighted by atomic mass is 79.9. The maximum absolute atomic E-state index is 5.83. The summed E-state index contributed by atoms with van der Waals surface area (Å²) in [7, 11) is 0. The number of benzene rings is 1. The molecule has 0 fully saturated rings. The number of imidazole rings is 1. The number of rotatable bonds is 7. The first-order valence-electron chi connectivity index (χ1n) is 6.86. The van der Waals surface area contributed by atoms with Crippen LogP contribution >= 0.6 is 15.9 Å². The number of hydrogen-bond donors (Lipinski definition) is 1. The highest BCUT2D eigenvalue weighted by Crippen LogP contribution is 2.26. The third-order valence-corrected chi connectivity index (χ3v) is 3.69. The van der Waals surface area contributed by atoms with Gasteiger partial charge >= 0.3 is 0 Å². The molecule has 0 spiro atoms. The first-order chi connectivity index (χ1) is 9.74. The average molecular weight is 338 g/mol. The molecule has 4 nitrogen and oxygen atoms in total. The molecule has 0 radical (unpaired) electrons.